The average Bonchev–Trinajstić information content (AvgIpc) is 3.49. The van der Waals surface area contributed by atoms with Gasteiger partial charge in [-0.05, 0) is 80.8 Å². The van der Waals surface area contributed by atoms with Gasteiger partial charge in [0.15, 0.2) is 5.13 Å². The summed E-state index contributed by atoms with van der Waals surface area (Å²) in [7, 11) is 1.56. The Balaban J connectivity index is 1.72. The number of fused-ring (bicyclic) bond motifs is 1. The number of aromatic nitrogens is 1. The molecule has 2 aromatic carbocycles. The van der Waals surface area contributed by atoms with Crippen molar-refractivity contribution in [1.82, 2.24) is 4.98 Å². The van der Waals surface area contributed by atoms with Crippen molar-refractivity contribution in [3.8, 4) is 5.75 Å². The predicted molar refractivity (Wildman–Crippen MR) is 135 cm³/mol. The Bertz CT molecular complexity index is 1540. The molecule has 3 heterocycles. The molecule has 4 aromatic rings. The van der Waals surface area contributed by atoms with E-state index in [-0.39, 0.29) is 11.3 Å². The molecular formula is C27H24N2O5S. The normalized spacial score (nSPS) is 17.5. The molecule has 1 fully saturated rings. The van der Waals surface area contributed by atoms with Crippen LogP contribution >= 0.6 is 11.3 Å². The highest BCUT2D eigenvalue weighted by atomic mass is 32.1. The number of carbonyl (C=O) groups is 2. The van der Waals surface area contributed by atoms with Crippen LogP contribution in [0.2, 0.25) is 0 Å². The highest BCUT2D eigenvalue weighted by Gasteiger charge is 2.49. The van der Waals surface area contributed by atoms with Gasteiger partial charge in [-0.3, -0.25) is 14.5 Å². The number of benzene rings is 2. The topological polar surface area (TPSA) is 92.9 Å². The van der Waals surface area contributed by atoms with Gasteiger partial charge in [0.25, 0.3) is 5.78 Å². The Labute approximate surface area is 206 Å². The summed E-state index contributed by atoms with van der Waals surface area (Å²) >= 11 is 1.33. The van der Waals surface area contributed by atoms with Crippen molar-refractivity contribution in [2.75, 3.05) is 12.0 Å². The van der Waals surface area contributed by atoms with Crippen molar-refractivity contribution in [2.45, 2.75) is 33.7 Å². The molecule has 7 nitrogen and oxygen atoms in total. The summed E-state index contributed by atoms with van der Waals surface area (Å²) in [5, 5.41) is 11.7. The van der Waals surface area contributed by atoms with Crippen LogP contribution in [-0.4, -0.2) is 28.9 Å². The minimum absolute atomic E-state index is 0.0407. The molecule has 5 rings (SSSR count). The van der Waals surface area contributed by atoms with Gasteiger partial charge in [0.1, 0.15) is 29.1 Å². The summed E-state index contributed by atoms with van der Waals surface area (Å²) in [6.45, 7) is 7.59. The lowest BCUT2D eigenvalue weighted by Gasteiger charge is -2.20. The quantitative estimate of drug-likeness (QED) is 0.223. The fourth-order valence-electron chi connectivity index (χ4n) is 4.54. The van der Waals surface area contributed by atoms with Gasteiger partial charge in [-0.1, -0.05) is 17.4 Å². The number of anilines is 1. The summed E-state index contributed by atoms with van der Waals surface area (Å²) in [6, 6.07) is 11.6. The zero-order chi connectivity index (χ0) is 25.0. The van der Waals surface area contributed by atoms with E-state index in [1.165, 1.54) is 16.2 Å². The summed E-state index contributed by atoms with van der Waals surface area (Å²) in [5.74, 6) is -0.169. The van der Waals surface area contributed by atoms with Gasteiger partial charge < -0.3 is 14.3 Å². The van der Waals surface area contributed by atoms with Crippen molar-refractivity contribution < 1.29 is 23.8 Å². The molecule has 178 valence electrons. The van der Waals surface area contributed by atoms with Crippen LogP contribution in [-0.2, 0) is 9.59 Å². The molecule has 0 spiro atoms. The Hall–Kier alpha value is -3.91. The molecule has 1 aliphatic rings. The molecule has 0 radical (unpaired) electrons. The summed E-state index contributed by atoms with van der Waals surface area (Å²) in [4.78, 5) is 32.8. The van der Waals surface area contributed by atoms with E-state index in [0.29, 0.717) is 28.0 Å². The molecule has 1 aliphatic heterocycles. The molecule has 0 saturated carbocycles. The van der Waals surface area contributed by atoms with Gasteiger partial charge in [-0.2, -0.15) is 0 Å². The lowest BCUT2D eigenvalue weighted by molar-refractivity contribution is -0.132. The molecule has 1 saturated heterocycles. The molecule has 0 aliphatic carbocycles. The molecule has 35 heavy (non-hydrogen) atoms. The largest absolute Gasteiger partial charge is 0.507 e. The number of ether oxygens (including phenoxy) is 1. The first-order valence-corrected chi connectivity index (χ1v) is 11.9. The van der Waals surface area contributed by atoms with Crippen LogP contribution in [0.25, 0.3) is 16.0 Å². The Morgan fingerprint density at radius 1 is 1.06 bits per heavy atom. The smallest absolute Gasteiger partial charge is 0.302 e. The minimum Gasteiger partial charge on any atom is -0.507 e. The van der Waals surface area contributed by atoms with Crippen LogP contribution in [0.15, 0.2) is 52.5 Å². The van der Waals surface area contributed by atoms with Gasteiger partial charge in [0.05, 0.1) is 22.9 Å². The van der Waals surface area contributed by atoms with E-state index in [4.69, 9.17) is 14.1 Å². The number of hydrogen-bond acceptors (Lipinski definition) is 7. The maximum Gasteiger partial charge on any atom is 0.302 e. The van der Waals surface area contributed by atoms with E-state index in [9.17, 15) is 14.7 Å². The van der Waals surface area contributed by atoms with Crippen molar-refractivity contribution in [2.24, 2.45) is 0 Å². The number of aryl methyl sites for hydroxylation is 4. The van der Waals surface area contributed by atoms with Crippen LogP contribution in [0.3, 0.4) is 0 Å². The average molecular weight is 489 g/mol. The standard InChI is InChI=1S/C27H24N2O5S/c1-13-10-15(3)22-20(11-13)35-27(28-22)29-23(19-8-6-16(4)34-19)21(25(31)26(29)32)24(30)17-7-9-18(33-5)14(2)12-17/h6-12,23,30H,1-5H3/b24-21+/t23-/m1/s1. The number of aliphatic hydroxyl groups excluding tert-OH is 1. The number of aliphatic hydroxyl groups is 1. The Morgan fingerprint density at radius 2 is 1.83 bits per heavy atom. The number of Topliss-reactive ketones (excluding diaryl/α,β-unsaturated/α-hetero) is 1. The van der Waals surface area contributed by atoms with Crippen molar-refractivity contribution in [1.29, 1.82) is 0 Å². The lowest BCUT2D eigenvalue weighted by Crippen LogP contribution is -2.29. The minimum atomic E-state index is -0.951. The van der Waals surface area contributed by atoms with E-state index in [1.54, 1.807) is 44.4 Å². The number of amides is 1. The summed E-state index contributed by atoms with van der Waals surface area (Å²) in [6.07, 6.45) is 0. The molecule has 0 unspecified atom stereocenters. The SMILES string of the molecule is COc1ccc(/C(O)=C2\C(=O)C(=O)N(c3nc4c(C)cc(C)cc4s3)[C@@H]2c2ccc(C)o2)cc1C. The van der Waals surface area contributed by atoms with E-state index in [2.05, 4.69) is 0 Å². The number of ketones is 1. The van der Waals surface area contributed by atoms with E-state index < -0.39 is 17.7 Å². The van der Waals surface area contributed by atoms with Gasteiger partial charge in [0, 0.05) is 5.56 Å². The van der Waals surface area contributed by atoms with E-state index >= 15 is 0 Å². The highest BCUT2D eigenvalue weighted by molar-refractivity contribution is 7.22. The Morgan fingerprint density at radius 3 is 2.49 bits per heavy atom. The van der Waals surface area contributed by atoms with Crippen LogP contribution in [0.4, 0.5) is 5.13 Å². The molecule has 1 atom stereocenters. The van der Waals surface area contributed by atoms with Crippen LogP contribution in [0.5, 0.6) is 5.75 Å². The number of thiazole rings is 1. The highest BCUT2D eigenvalue weighted by Crippen LogP contribution is 2.45. The van der Waals surface area contributed by atoms with Crippen LogP contribution < -0.4 is 9.64 Å². The second-order valence-corrected chi connectivity index (χ2v) is 9.74. The zero-order valence-corrected chi connectivity index (χ0v) is 20.8. The predicted octanol–water partition coefficient (Wildman–Crippen LogP) is 5.76. The number of rotatable bonds is 4. The molecule has 0 bridgehead atoms. The van der Waals surface area contributed by atoms with Crippen LogP contribution in [0, 0.1) is 27.7 Å². The van der Waals surface area contributed by atoms with Crippen molar-refractivity contribution >= 4 is 44.1 Å². The van der Waals surface area contributed by atoms with Crippen LogP contribution in [0.1, 0.15) is 39.8 Å². The maximum atomic E-state index is 13.4. The third-order valence-electron chi connectivity index (χ3n) is 6.17. The summed E-state index contributed by atoms with van der Waals surface area (Å²) < 4.78 is 12.1. The Kier molecular flexibility index (Phi) is 5.48. The van der Waals surface area contributed by atoms with Crippen molar-refractivity contribution in [3.05, 3.63) is 81.8 Å². The second kappa shape index (κ2) is 8.39. The lowest BCUT2D eigenvalue weighted by atomic mass is 9.98. The van der Waals surface area contributed by atoms with Gasteiger partial charge >= 0.3 is 5.91 Å². The monoisotopic (exact) mass is 488 g/mol. The maximum absolute atomic E-state index is 13.4. The third-order valence-corrected chi connectivity index (χ3v) is 7.17. The van der Waals surface area contributed by atoms with Crippen molar-refractivity contribution in [3.63, 3.8) is 0 Å². The number of nitrogens with zero attached hydrogens (tertiary/aromatic N) is 2. The fourth-order valence-corrected chi connectivity index (χ4v) is 5.71. The fraction of sp³-hybridized carbons (Fsp3) is 0.222. The first kappa shape index (κ1) is 22.9. The number of furan rings is 1. The molecular weight excluding hydrogens is 464 g/mol. The zero-order valence-electron chi connectivity index (χ0n) is 20.0. The number of carbonyl (C=O) groups excluding carboxylic acids is 2. The van der Waals surface area contributed by atoms with Gasteiger partial charge in [0.2, 0.25) is 0 Å². The number of hydrogen-bond donors (Lipinski definition) is 1. The van der Waals surface area contributed by atoms with Gasteiger partial charge in [-0.25, -0.2) is 4.98 Å². The molecule has 2 aromatic heterocycles. The van der Waals surface area contributed by atoms with E-state index in [0.717, 1.165) is 26.9 Å². The first-order valence-electron chi connectivity index (χ1n) is 11.1. The van der Waals surface area contributed by atoms with E-state index in [1.807, 2.05) is 32.9 Å². The van der Waals surface area contributed by atoms with Gasteiger partial charge in [-0.15, -0.1) is 0 Å². The molecule has 1 amide bonds. The molecule has 1 N–H and O–H groups in total. The first-order chi connectivity index (χ1) is 16.7. The molecule has 8 heteroatoms. The summed E-state index contributed by atoms with van der Waals surface area (Å²) in [5.41, 5.74) is 4.00. The second-order valence-electron chi connectivity index (χ2n) is 8.73. The number of methoxy groups -OCH3 is 1. The third kappa shape index (κ3) is 3.70.